The zero-order valence-corrected chi connectivity index (χ0v) is 10.5. The van der Waals surface area contributed by atoms with E-state index in [9.17, 15) is 5.11 Å². The highest BCUT2D eigenvalue weighted by Crippen LogP contribution is 2.12. The minimum atomic E-state index is -0.363. The molecule has 2 rings (SSSR count). The summed E-state index contributed by atoms with van der Waals surface area (Å²) in [6.07, 6.45) is 2.19. The van der Waals surface area contributed by atoms with Gasteiger partial charge in [0.1, 0.15) is 0 Å². The monoisotopic (exact) mass is 284 g/mol. The van der Waals surface area contributed by atoms with Crippen LogP contribution in [0.1, 0.15) is 13.3 Å². The molecule has 86 valence electrons. The average Bonchev–Trinajstić information content (AvgIpc) is 2.67. The predicted octanol–water partition coefficient (Wildman–Crippen LogP) is 1.67. The van der Waals surface area contributed by atoms with Gasteiger partial charge in [0, 0.05) is 17.2 Å². The van der Waals surface area contributed by atoms with E-state index in [1.807, 2.05) is 25.3 Å². The first-order chi connectivity index (χ1) is 7.69. The number of rotatable bonds is 4. The molecule has 0 aliphatic heterocycles. The van der Waals surface area contributed by atoms with Crippen LogP contribution in [0.5, 0.6) is 0 Å². The first-order valence-corrected chi connectivity index (χ1v) is 5.92. The van der Waals surface area contributed by atoms with E-state index >= 15 is 0 Å². The molecule has 0 fully saturated rings. The van der Waals surface area contributed by atoms with E-state index in [0.717, 1.165) is 10.1 Å². The number of halogens is 1. The molecule has 16 heavy (non-hydrogen) atoms. The Labute approximate surface area is 102 Å². The van der Waals surface area contributed by atoms with Gasteiger partial charge in [-0.25, -0.2) is 4.52 Å². The number of pyridine rings is 1. The molecule has 1 unspecified atom stereocenters. The van der Waals surface area contributed by atoms with Gasteiger partial charge in [0.25, 0.3) is 0 Å². The van der Waals surface area contributed by atoms with E-state index in [1.54, 1.807) is 4.52 Å². The van der Waals surface area contributed by atoms with Crippen molar-refractivity contribution < 1.29 is 5.11 Å². The van der Waals surface area contributed by atoms with Crippen molar-refractivity contribution >= 4 is 27.5 Å². The molecule has 2 aromatic heterocycles. The fourth-order valence-corrected chi connectivity index (χ4v) is 1.61. The molecule has 2 N–H and O–H groups in total. The van der Waals surface area contributed by atoms with Crippen LogP contribution in [0.3, 0.4) is 0 Å². The second-order valence-corrected chi connectivity index (χ2v) is 4.44. The molecule has 0 aromatic carbocycles. The maximum absolute atomic E-state index is 9.41. The molecule has 0 aliphatic rings. The molecule has 0 bridgehead atoms. The normalized spacial score (nSPS) is 12.9. The molecule has 2 aromatic rings. The first-order valence-electron chi connectivity index (χ1n) is 5.13. The second-order valence-electron chi connectivity index (χ2n) is 3.53. The topological polar surface area (TPSA) is 62.5 Å². The molecular formula is C10H13BrN4O. The minimum absolute atomic E-state index is 0.363. The summed E-state index contributed by atoms with van der Waals surface area (Å²) in [4.78, 5) is 4.27. The zero-order chi connectivity index (χ0) is 11.5. The summed E-state index contributed by atoms with van der Waals surface area (Å²) in [6, 6.07) is 3.78. The van der Waals surface area contributed by atoms with Crippen LogP contribution in [0.15, 0.2) is 22.8 Å². The Balaban J connectivity index is 2.13. The highest BCUT2D eigenvalue weighted by molar-refractivity contribution is 9.10. The summed E-state index contributed by atoms with van der Waals surface area (Å²) in [5, 5.41) is 16.6. The van der Waals surface area contributed by atoms with Crippen molar-refractivity contribution in [1.29, 1.82) is 0 Å². The first kappa shape index (κ1) is 11.3. The standard InChI is InChI=1S/C10H13BrN4O/c1-2-8(16)5-12-10-13-9-4-3-7(11)6-15(9)14-10/h3-4,6,8,16H,2,5H2,1H3,(H,12,14). The number of aliphatic hydroxyl groups is 1. The van der Waals surface area contributed by atoms with E-state index in [-0.39, 0.29) is 6.10 Å². The van der Waals surface area contributed by atoms with Crippen molar-refractivity contribution in [1.82, 2.24) is 14.6 Å². The molecule has 0 saturated carbocycles. The van der Waals surface area contributed by atoms with Crippen LogP contribution in [-0.2, 0) is 0 Å². The fourth-order valence-electron chi connectivity index (χ4n) is 1.29. The van der Waals surface area contributed by atoms with Gasteiger partial charge in [-0.2, -0.15) is 4.98 Å². The number of aliphatic hydroxyl groups excluding tert-OH is 1. The second kappa shape index (κ2) is 4.80. The van der Waals surface area contributed by atoms with Gasteiger partial charge in [-0.1, -0.05) is 6.92 Å². The third kappa shape index (κ3) is 2.51. The molecule has 6 heteroatoms. The van der Waals surface area contributed by atoms with Crippen molar-refractivity contribution in [2.45, 2.75) is 19.4 Å². The lowest BCUT2D eigenvalue weighted by atomic mass is 10.3. The average molecular weight is 285 g/mol. The Morgan fingerprint density at radius 3 is 3.12 bits per heavy atom. The van der Waals surface area contributed by atoms with Gasteiger partial charge in [-0.05, 0) is 34.5 Å². The van der Waals surface area contributed by atoms with Crippen molar-refractivity contribution in [3.05, 3.63) is 22.8 Å². The molecule has 0 radical (unpaired) electrons. The molecule has 5 nitrogen and oxygen atoms in total. The number of anilines is 1. The largest absolute Gasteiger partial charge is 0.391 e. The van der Waals surface area contributed by atoms with Gasteiger partial charge in [0.2, 0.25) is 5.95 Å². The van der Waals surface area contributed by atoms with E-state index in [1.165, 1.54) is 0 Å². The quantitative estimate of drug-likeness (QED) is 0.897. The smallest absolute Gasteiger partial charge is 0.243 e. The molecule has 2 heterocycles. The SMILES string of the molecule is CCC(O)CNc1nc2ccc(Br)cn2n1. The summed E-state index contributed by atoms with van der Waals surface area (Å²) in [5.41, 5.74) is 0.775. The number of nitrogens with one attached hydrogen (secondary N) is 1. The van der Waals surface area contributed by atoms with Crippen LogP contribution >= 0.6 is 15.9 Å². The van der Waals surface area contributed by atoms with Crippen molar-refractivity contribution in [3.63, 3.8) is 0 Å². The third-order valence-corrected chi connectivity index (χ3v) is 2.73. The van der Waals surface area contributed by atoms with Gasteiger partial charge in [0.15, 0.2) is 5.65 Å². The molecular weight excluding hydrogens is 272 g/mol. The highest BCUT2D eigenvalue weighted by Gasteiger charge is 2.05. The number of fused-ring (bicyclic) bond motifs is 1. The van der Waals surface area contributed by atoms with E-state index < -0.39 is 0 Å². The molecule has 0 aliphatic carbocycles. The summed E-state index contributed by atoms with van der Waals surface area (Å²) < 4.78 is 2.63. The summed E-state index contributed by atoms with van der Waals surface area (Å²) >= 11 is 3.37. The van der Waals surface area contributed by atoms with Crippen LogP contribution in [0.25, 0.3) is 5.65 Å². The lowest BCUT2D eigenvalue weighted by Crippen LogP contribution is -2.18. The maximum atomic E-state index is 9.41. The Morgan fingerprint density at radius 2 is 2.38 bits per heavy atom. The number of hydrogen-bond acceptors (Lipinski definition) is 4. The maximum Gasteiger partial charge on any atom is 0.243 e. The van der Waals surface area contributed by atoms with Crippen molar-refractivity contribution in [2.24, 2.45) is 0 Å². The summed E-state index contributed by atoms with van der Waals surface area (Å²) in [5.74, 6) is 0.533. The van der Waals surface area contributed by atoms with E-state index in [0.29, 0.717) is 18.9 Å². The lowest BCUT2D eigenvalue weighted by molar-refractivity contribution is 0.183. The van der Waals surface area contributed by atoms with Crippen LogP contribution in [0, 0.1) is 0 Å². The molecule has 1 atom stereocenters. The minimum Gasteiger partial charge on any atom is -0.391 e. The third-order valence-electron chi connectivity index (χ3n) is 2.26. The Bertz CT molecular complexity index is 485. The van der Waals surface area contributed by atoms with Gasteiger partial charge >= 0.3 is 0 Å². The van der Waals surface area contributed by atoms with E-state index in [4.69, 9.17) is 0 Å². The van der Waals surface area contributed by atoms with E-state index in [2.05, 4.69) is 31.3 Å². The van der Waals surface area contributed by atoms with Gasteiger partial charge in [-0.15, -0.1) is 5.10 Å². The number of aromatic nitrogens is 3. The lowest BCUT2D eigenvalue weighted by Gasteiger charge is -2.06. The predicted molar refractivity (Wildman–Crippen MR) is 65.5 cm³/mol. The van der Waals surface area contributed by atoms with Crippen LogP contribution in [0.2, 0.25) is 0 Å². The fraction of sp³-hybridized carbons (Fsp3) is 0.400. The van der Waals surface area contributed by atoms with Crippen molar-refractivity contribution in [3.8, 4) is 0 Å². The van der Waals surface area contributed by atoms with Crippen LogP contribution in [-0.4, -0.2) is 32.4 Å². The highest BCUT2D eigenvalue weighted by atomic mass is 79.9. The molecule has 0 amide bonds. The summed E-state index contributed by atoms with van der Waals surface area (Å²) in [7, 11) is 0. The zero-order valence-electron chi connectivity index (χ0n) is 8.89. The van der Waals surface area contributed by atoms with Crippen LogP contribution < -0.4 is 5.32 Å². The number of hydrogen-bond donors (Lipinski definition) is 2. The van der Waals surface area contributed by atoms with Crippen LogP contribution in [0.4, 0.5) is 5.95 Å². The number of nitrogens with zero attached hydrogens (tertiary/aromatic N) is 3. The summed E-state index contributed by atoms with van der Waals surface area (Å²) in [6.45, 7) is 2.40. The molecule has 0 spiro atoms. The van der Waals surface area contributed by atoms with Crippen molar-refractivity contribution in [2.75, 3.05) is 11.9 Å². The van der Waals surface area contributed by atoms with Gasteiger partial charge < -0.3 is 10.4 Å². The van der Waals surface area contributed by atoms with Gasteiger partial charge in [0.05, 0.1) is 6.10 Å². The Morgan fingerprint density at radius 1 is 1.56 bits per heavy atom. The molecule has 0 saturated heterocycles. The Hall–Kier alpha value is -1.14. The Kier molecular flexibility index (Phi) is 3.40. The van der Waals surface area contributed by atoms with Gasteiger partial charge in [-0.3, -0.25) is 0 Å².